The molecule has 6 heteroatoms. The van der Waals surface area contributed by atoms with E-state index >= 15 is 0 Å². The second-order valence-corrected chi connectivity index (χ2v) is 5.79. The third-order valence-corrected chi connectivity index (χ3v) is 4.00. The molecular formula is C21H15N5O. The van der Waals surface area contributed by atoms with Gasteiger partial charge in [-0.25, -0.2) is 10.4 Å². The lowest BCUT2D eigenvalue weighted by Gasteiger charge is -2.08. The van der Waals surface area contributed by atoms with Crippen LogP contribution < -0.4 is 5.43 Å². The number of fused-ring (bicyclic) bond motifs is 1. The number of carbonyl (C=O) groups excluding carboxylic acids is 1. The fourth-order valence-electron chi connectivity index (χ4n) is 2.71. The molecule has 0 saturated carbocycles. The molecule has 4 aromatic rings. The van der Waals surface area contributed by atoms with Crippen molar-refractivity contribution in [1.82, 2.24) is 20.4 Å². The standard InChI is InChI=1S/C21H15N5O/c27-21(26-24-14-15-4-3-9-23-13-15)18-12-20(16-7-10-22-11-8-16)25-19-6-2-1-5-17(18)19/h1-14H,(H,26,27)/b24-14-. The number of nitrogens with one attached hydrogen (secondary N) is 1. The molecule has 0 spiro atoms. The molecule has 130 valence electrons. The maximum Gasteiger partial charge on any atom is 0.272 e. The van der Waals surface area contributed by atoms with Crippen molar-refractivity contribution >= 4 is 23.0 Å². The van der Waals surface area contributed by atoms with Crippen molar-refractivity contribution < 1.29 is 4.79 Å². The molecule has 3 aromatic heterocycles. The Morgan fingerprint density at radius 3 is 2.63 bits per heavy atom. The number of amides is 1. The monoisotopic (exact) mass is 353 g/mol. The predicted octanol–water partition coefficient (Wildman–Crippen LogP) is 3.46. The van der Waals surface area contributed by atoms with E-state index in [9.17, 15) is 4.79 Å². The zero-order valence-corrected chi connectivity index (χ0v) is 14.3. The number of rotatable bonds is 4. The Kier molecular flexibility index (Phi) is 4.61. The maximum absolute atomic E-state index is 12.8. The van der Waals surface area contributed by atoms with Gasteiger partial charge >= 0.3 is 0 Å². The van der Waals surface area contributed by atoms with Crippen LogP contribution in [0.3, 0.4) is 0 Å². The van der Waals surface area contributed by atoms with Crippen molar-refractivity contribution in [2.75, 3.05) is 0 Å². The number of nitrogens with zero attached hydrogens (tertiary/aromatic N) is 4. The van der Waals surface area contributed by atoms with Crippen molar-refractivity contribution in [3.05, 3.63) is 90.5 Å². The molecule has 0 aliphatic rings. The van der Waals surface area contributed by atoms with Gasteiger partial charge in [-0.05, 0) is 30.3 Å². The normalized spacial score (nSPS) is 11.0. The maximum atomic E-state index is 12.8. The summed E-state index contributed by atoms with van der Waals surface area (Å²) in [7, 11) is 0. The van der Waals surface area contributed by atoms with Crippen LogP contribution in [0.1, 0.15) is 15.9 Å². The van der Waals surface area contributed by atoms with Crippen LogP contribution in [0.15, 0.2) is 84.5 Å². The first-order valence-electron chi connectivity index (χ1n) is 8.35. The Morgan fingerprint density at radius 2 is 1.81 bits per heavy atom. The summed E-state index contributed by atoms with van der Waals surface area (Å²) in [4.78, 5) is 25.5. The number of aromatic nitrogens is 3. The number of pyridine rings is 3. The van der Waals surface area contributed by atoms with Crippen molar-refractivity contribution in [2.45, 2.75) is 0 Å². The molecule has 0 aliphatic heterocycles. The van der Waals surface area contributed by atoms with Crippen LogP contribution in [-0.4, -0.2) is 27.1 Å². The first-order chi connectivity index (χ1) is 13.3. The molecule has 0 aliphatic carbocycles. The van der Waals surface area contributed by atoms with Crippen LogP contribution >= 0.6 is 0 Å². The average Bonchev–Trinajstić information content (AvgIpc) is 2.74. The molecule has 1 amide bonds. The highest BCUT2D eigenvalue weighted by Gasteiger charge is 2.13. The molecule has 0 radical (unpaired) electrons. The fourth-order valence-corrected chi connectivity index (χ4v) is 2.71. The highest BCUT2D eigenvalue weighted by molar-refractivity contribution is 6.07. The van der Waals surface area contributed by atoms with Crippen molar-refractivity contribution in [1.29, 1.82) is 0 Å². The van der Waals surface area contributed by atoms with Crippen molar-refractivity contribution in [3.8, 4) is 11.3 Å². The van der Waals surface area contributed by atoms with Crippen LogP contribution in [0.2, 0.25) is 0 Å². The molecular weight excluding hydrogens is 338 g/mol. The van der Waals surface area contributed by atoms with E-state index in [0.29, 0.717) is 11.3 Å². The third kappa shape index (κ3) is 3.69. The number of carbonyl (C=O) groups is 1. The number of benzene rings is 1. The van der Waals surface area contributed by atoms with E-state index in [4.69, 9.17) is 0 Å². The Hall–Kier alpha value is -3.93. The van der Waals surface area contributed by atoms with E-state index in [2.05, 4.69) is 25.5 Å². The molecule has 0 atom stereocenters. The molecule has 1 N–H and O–H groups in total. The van der Waals surface area contributed by atoms with Gasteiger partial charge in [-0.15, -0.1) is 0 Å². The van der Waals surface area contributed by atoms with Crippen LogP contribution in [0.4, 0.5) is 0 Å². The quantitative estimate of drug-likeness (QED) is 0.450. The number of hydrogen-bond donors (Lipinski definition) is 1. The number of hydrogen-bond acceptors (Lipinski definition) is 5. The number of hydrazone groups is 1. The molecule has 27 heavy (non-hydrogen) atoms. The SMILES string of the molecule is O=C(N/N=C\c1cccnc1)c1cc(-c2ccncc2)nc2ccccc12. The van der Waals surface area contributed by atoms with E-state index in [0.717, 1.165) is 22.0 Å². The lowest BCUT2D eigenvalue weighted by molar-refractivity contribution is 0.0956. The molecule has 0 bridgehead atoms. The summed E-state index contributed by atoms with van der Waals surface area (Å²) in [6.07, 6.45) is 8.30. The molecule has 0 fully saturated rings. The molecule has 3 heterocycles. The van der Waals surface area contributed by atoms with Crippen LogP contribution in [-0.2, 0) is 0 Å². The highest BCUT2D eigenvalue weighted by atomic mass is 16.2. The smallest absolute Gasteiger partial charge is 0.267 e. The predicted molar refractivity (Wildman–Crippen MR) is 104 cm³/mol. The zero-order chi connectivity index (χ0) is 18.5. The van der Waals surface area contributed by atoms with Crippen LogP contribution in [0, 0.1) is 0 Å². The van der Waals surface area contributed by atoms with E-state index < -0.39 is 0 Å². The highest BCUT2D eigenvalue weighted by Crippen LogP contribution is 2.24. The molecule has 6 nitrogen and oxygen atoms in total. The molecule has 1 aromatic carbocycles. The lowest BCUT2D eigenvalue weighted by Crippen LogP contribution is -2.18. The van der Waals surface area contributed by atoms with Crippen molar-refractivity contribution in [2.24, 2.45) is 5.10 Å². The summed E-state index contributed by atoms with van der Waals surface area (Å²) >= 11 is 0. The second kappa shape index (κ2) is 7.53. The minimum Gasteiger partial charge on any atom is -0.267 e. The van der Waals surface area contributed by atoms with Gasteiger partial charge in [0.2, 0.25) is 0 Å². The average molecular weight is 353 g/mol. The molecule has 0 saturated heterocycles. The van der Waals surface area contributed by atoms with Gasteiger partial charge < -0.3 is 0 Å². The topological polar surface area (TPSA) is 80.1 Å². The van der Waals surface area contributed by atoms with Gasteiger partial charge in [0.25, 0.3) is 5.91 Å². The first kappa shape index (κ1) is 16.5. The summed E-state index contributed by atoms with van der Waals surface area (Å²) < 4.78 is 0. The molecule has 0 unspecified atom stereocenters. The number of para-hydroxylation sites is 1. The van der Waals surface area contributed by atoms with E-state index in [1.54, 1.807) is 43.1 Å². The van der Waals surface area contributed by atoms with Gasteiger partial charge in [0.1, 0.15) is 0 Å². The summed E-state index contributed by atoms with van der Waals surface area (Å²) in [6, 6.07) is 16.7. The van der Waals surface area contributed by atoms with Gasteiger partial charge in [0.15, 0.2) is 0 Å². The lowest BCUT2D eigenvalue weighted by atomic mass is 10.0. The van der Waals surface area contributed by atoms with E-state index in [1.165, 1.54) is 0 Å². The van der Waals surface area contributed by atoms with Crippen LogP contribution in [0.25, 0.3) is 22.2 Å². The summed E-state index contributed by atoms with van der Waals surface area (Å²) in [6.45, 7) is 0. The summed E-state index contributed by atoms with van der Waals surface area (Å²) in [5.74, 6) is -0.302. The van der Waals surface area contributed by atoms with Gasteiger partial charge in [-0.2, -0.15) is 5.10 Å². The zero-order valence-electron chi connectivity index (χ0n) is 14.3. The first-order valence-corrected chi connectivity index (χ1v) is 8.35. The Balaban J connectivity index is 1.69. The second-order valence-electron chi connectivity index (χ2n) is 5.79. The van der Waals surface area contributed by atoms with E-state index in [1.807, 2.05) is 42.5 Å². The molecule has 4 rings (SSSR count). The summed E-state index contributed by atoms with van der Waals surface area (Å²) in [5.41, 5.74) is 6.23. The Labute approximate surface area is 155 Å². The summed E-state index contributed by atoms with van der Waals surface area (Å²) in [5, 5.41) is 4.80. The van der Waals surface area contributed by atoms with Crippen LogP contribution in [0.5, 0.6) is 0 Å². The Bertz CT molecular complexity index is 1110. The van der Waals surface area contributed by atoms with Gasteiger partial charge in [-0.3, -0.25) is 14.8 Å². The minimum absolute atomic E-state index is 0.302. The Morgan fingerprint density at radius 1 is 0.963 bits per heavy atom. The van der Waals surface area contributed by atoms with Gasteiger partial charge in [0.05, 0.1) is 23.0 Å². The van der Waals surface area contributed by atoms with E-state index in [-0.39, 0.29) is 5.91 Å². The minimum atomic E-state index is -0.302. The fraction of sp³-hybridized carbons (Fsp3) is 0. The van der Waals surface area contributed by atoms with Gasteiger partial charge in [0, 0.05) is 41.3 Å². The largest absolute Gasteiger partial charge is 0.272 e. The third-order valence-electron chi connectivity index (χ3n) is 4.00. The van der Waals surface area contributed by atoms with Gasteiger partial charge in [-0.1, -0.05) is 24.3 Å². The van der Waals surface area contributed by atoms with Crippen molar-refractivity contribution in [3.63, 3.8) is 0 Å².